The minimum absolute atomic E-state index is 0.0127. The number of hydrogen-bond acceptors (Lipinski definition) is 8. The van der Waals surface area contributed by atoms with Crippen molar-refractivity contribution in [3.63, 3.8) is 0 Å². The molecule has 0 radical (unpaired) electrons. The number of anilines is 2. The summed E-state index contributed by atoms with van der Waals surface area (Å²) in [5.41, 5.74) is 8.84. The molecule has 2 heterocycles. The summed E-state index contributed by atoms with van der Waals surface area (Å²) in [7, 11) is 0. The van der Waals surface area contributed by atoms with E-state index in [2.05, 4.69) is 27.4 Å². The Bertz CT molecular complexity index is 1070. The van der Waals surface area contributed by atoms with Crippen LogP contribution in [0.5, 0.6) is 0 Å². The lowest BCUT2D eigenvalue weighted by molar-refractivity contribution is 0.273. The minimum atomic E-state index is -0.175. The van der Waals surface area contributed by atoms with Gasteiger partial charge in [-0.2, -0.15) is 0 Å². The maximum absolute atomic E-state index is 9.90. The van der Waals surface area contributed by atoms with Gasteiger partial charge in [0.15, 0.2) is 21.8 Å². The number of thioether (sulfide) groups is 1. The Kier molecular flexibility index (Phi) is 6.24. The van der Waals surface area contributed by atoms with E-state index in [-0.39, 0.29) is 12.6 Å². The van der Waals surface area contributed by atoms with Crippen LogP contribution in [0.25, 0.3) is 10.3 Å². The van der Waals surface area contributed by atoms with Gasteiger partial charge in [-0.3, -0.25) is 0 Å². The monoisotopic (exact) mass is 423 g/mol. The molecule has 4 aromatic rings. The van der Waals surface area contributed by atoms with Crippen LogP contribution < -0.4 is 11.1 Å². The fourth-order valence-electron chi connectivity index (χ4n) is 2.96. The molecule has 29 heavy (non-hydrogen) atoms. The maximum atomic E-state index is 9.90. The van der Waals surface area contributed by atoms with E-state index < -0.39 is 0 Å². The molecule has 2 aromatic carbocycles. The number of aliphatic hydroxyl groups is 1. The highest BCUT2D eigenvalue weighted by molar-refractivity contribution is 7.98. The van der Waals surface area contributed by atoms with E-state index >= 15 is 0 Å². The number of rotatable bonds is 8. The molecule has 148 valence electrons. The highest BCUT2D eigenvalue weighted by Crippen LogP contribution is 2.32. The van der Waals surface area contributed by atoms with Gasteiger partial charge in [0, 0.05) is 5.75 Å². The third-order valence-electron chi connectivity index (χ3n) is 4.35. The van der Waals surface area contributed by atoms with Gasteiger partial charge in [0.25, 0.3) is 0 Å². The van der Waals surface area contributed by atoms with Gasteiger partial charge in [-0.05, 0) is 17.5 Å². The van der Waals surface area contributed by atoms with Crippen LogP contribution in [-0.2, 0) is 12.2 Å². The molecule has 0 saturated carbocycles. The van der Waals surface area contributed by atoms with E-state index in [0.29, 0.717) is 28.2 Å². The topological polar surface area (TPSA) is 97.0 Å². The first-order valence-corrected chi connectivity index (χ1v) is 11.0. The van der Waals surface area contributed by atoms with Gasteiger partial charge in [0.2, 0.25) is 0 Å². The number of nitrogens with two attached hydrogens (primary N) is 1. The van der Waals surface area contributed by atoms with Gasteiger partial charge in [0.05, 0.1) is 12.6 Å². The number of benzene rings is 2. The van der Waals surface area contributed by atoms with Gasteiger partial charge < -0.3 is 16.2 Å². The second-order valence-electron chi connectivity index (χ2n) is 6.55. The smallest absolute Gasteiger partial charge is 0.191 e. The summed E-state index contributed by atoms with van der Waals surface area (Å²) in [6.07, 6.45) is 0.684. The Labute approximate surface area is 177 Å². The predicted molar refractivity (Wildman–Crippen MR) is 120 cm³/mol. The molecular formula is C21H21N5OS2. The lowest BCUT2D eigenvalue weighted by Gasteiger charge is -2.17. The molecule has 0 saturated heterocycles. The minimum Gasteiger partial charge on any atom is -0.394 e. The van der Waals surface area contributed by atoms with Gasteiger partial charge in [-0.15, -0.1) is 0 Å². The summed E-state index contributed by atoms with van der Waals surface area (Å²) >= 11 is 2.90. The Hall–Kier alpha value is -2.68. The molecule has 0 aliphatic rings. The highest BCUT2D eigenvalue weighted by atomic mass is 32.2. The van der Waals surface area contributed by atoms with Crippen LogP contribution in [0.1, 0.15) is 11.1 Å². The third kappa shape index (κ3) is 5.03. The standard InChI is InChI=1S/C21H21N5OS2/c22-20-24-19-17(29-20)18(23-16(12-27)11-14-7-3-1-4-8-14)25-21(26-19)28-13-15-9-5-2-6-10-15/h1-10,16,27H,11-13H2,(H3,22,23,24,25,26). The molecular weight excluding hydrogens is 402 g/mol. The Morgan fingerprint density at radius 2 is 1.66 bits per heavy atom. The average Bonchev–Trinajstić information content (AvgIpc) is 3.13. The lowest BCUT2D eigenvalue weighted by Crippen LogP contribution is -2.27. The SMILES string of the molecule is Nc1nc2nc(SCc3ccccc3)nc(NC(CO)Cc3ccccc3)c2s1. The van der Waals surface area contributed by atoms with E-state index in [0.717, 1.165) is 16.0 Å². The van der Waals surface area contributed by atoms with Crippen molar-refractivity contribution in [3.8, 4) is 0 Å². The molecule has 1 atom stereocenters. The normalized spacial score (nSPS) is 12.2. The first-order chi connectivity index (χ1) is 14.2. The fraction of sp³-hybridized carbons (Fsp3) is 0.190. The molecule has 0 aliphatic carbocycles. The number of nitrogen functional groups attached to an aromatic ring is 1. The van der Waals surface area contributed by atoms with Crippen molar-refractivity contribution in [2.75, 3.05) is 17.7 Å². The zero-order valence-electron chi connectivity index (χ0n) is 15.7. The average molecular weight is 424 g/mol. The van der Waals surface area contributed by atoms with Crippen molar-refractivity contribution < 1.29 is 5.11 Å². The first-order valence-electron chi connectivity index (χ1n) is 9.23. The molecule has 1 unspecified atom stereocenters. The molecule has 8 heteroatoms. The van der Waals surface area contributed by atoms with E-state index in [4.69, 9.17) is 10.7 Å². The molecule has 6 nitrogen and oxygen atoms in total. The lowest BCUT2D eigenvalue weighted by atomic mass is 10.1. The molecule has 2 aromatic heterocycles. The first kappa shape index (κ1) is 19.6. The summed E-state index contributed by atoms with van der Waals surface area (Å²) in [6, 6.07) is 20.1. The second-order valence-corrected chi connectivity index (χ2v) is 8.52. The number of hydrogen-bond donors (Lipinski definition) is 3. The van der Waals surface area contributed by atoms with Crippen LogP contribution in [0.3, 0.4) is 0 Å². The van der Waals surface area contributed by atoms with Crippen molar-refractivity contribution in [2.24, 2.45) is 0 Å². The molecule has 0 spiro atoms. The maximum Gasteiger partial charge on any atom is 0.191 e. The number of aliphatic hydroxyl groups excluding tert-OH is 1. The molecule has 0 aliphatic heterocycles. The Morgan fingerprint density at radius 1 is 0.966 bits per heavy atom. The van der Waals surface area contributed by atoms with Crippen molar-refractivity contribution in [3.05, 3.63) is 71.8 Å². The number of aromatic nitrogens is 3. The van der Waals surface area contributed by atoms with Gasteiger partial charge in [-0.25, -0.2) is 15.0 Å². The van der Waals surface area contributed by atoms with Crippen LogP contribution in [0.2, 0.25) is 0 Å². The zero-order chi connectivity index (χ0) is 20.1. The summed E-state index contributed by atoms with van der Waals surface area (Å²) in [4.78, 5) is 13.6. The quantitative estimate of drug-likeness (QED) is 0.291. The number of fused-ring (bicyclic) bond motifs is 1. The van der Waals surface area contributed by atoms with Crippen molar-refractivity contribution >= 4 is 44.4 Å². The van der Waals surface area contributed by atoms with E-state index in [9.17, 15) is 5.11 Å². The Morgan fingerprint density at radius 3 is 2.34 bits per heavy atom. The number of thiazole rings is 1. The van der Waals surface area contributed by atoms with Crippen LogP contribution in [0, 0.1) is 0 Å². The summed E-state index contributed by atoms with van der Waals surface area (Å²) in [6.45, 7) is -0.0127. The highest BCUT2D eigenvalue weighted by Gasteiger charge is 2.17. The molecule has 4 rings (SSSR count). The van der Waals surface area contributed by atoms with E-state index in [1.165, 1.54) is 16.9 Å². The molecule has 4 N–H and O–H groups in total. The van der Waals surface area contributed by atoms with Gasteiger partial charge in [-0.1, -0.05) is 83.8 Å². The molecule has 0 bridgehead atoms. The fourth-order valence-corrected chi connectivity index (χ4v) is 4.48. The number of nitrogens with zero attached hydrogens (tertiary/aromatic N) is 3. The van der Waals surface area contributed by atoms with Crippen molar-refractivity contribution in [1.82, 2.24) is 15.0 Å². The summed E-state index contributed by atoms with van der Waals surface area (Å²) in [5.74, 6) is 1.42. The third-order valence-corrected chi connectivity index (χ3v) is 6.15. The van der Waals surface area contributed by atoms with E-state index in [1.54, 1.807) is 11.8 Å². The van der Waals surface area contributed by atoms with Crippen molar-refractivity contribution in [2.45, 2.75) is 23.4 Å². The summed E-state index contributed by atoms with van der Waals surface area (Å²) in [5, 5.41) is 14.4. The predicted octanol–water partition coefficient (Wildman–Crippen LogP) is 3.98. The van der Waals surface area contributed by atoms with Gasteiger partial charge >= 0.3 is 0 Å². The van der Waals surface area contributed by atoms with E-state index in [1.807, 2.05) is 48.5 Å². The van der Waals surface area contributed by atoms with Crippen LogP contribution in [0.15, 0.2) is 65.8 Å². The summed E-state index contributed by atoms with van der Waals surface area (Å²) < 4.78 is 0.804. The zero-order valence-corrected chi connectivity index (χ0v) is 17.3. The van der Waals surface area contributed by atoms with Crippen LogP contribution in [-0.4, -0.2) is 32.7 Å². The molecule has 0 amide bonds. The second kappa shape index (κ2) is 9.21. The molecule has 0 fully saturated rings. The Balaban J connectivity index is 1.58. The number of nitrogens with one attached hydrogen (secondary N) is 1. The van der Waals surface area contributed by atoms with Crippen molar-refractivity contribution in [1.29, 1.82) is 0 Å². The van der Waals surface area contributed by atoms with Crippen LogP contribution >= 0.6 is 23.1 Å². The largest absolute Gasteiger partial charge is 0.394 e. The van der Waals surface area contributed by atoms with Gasteiger partial charge in [0.1, 0.15) is 4.70 Å². The van der Waals surface area contributed by atoms with Crippen LogP contribution in [0.4, 0.5) is 10.9 Å².